The van der Waals surface area contributed by atoms with Gasteiger partial charge in [0.25, 0.3) is 0 Å². The number of H-pyrrole nitrogens is 1. The highest BCUT2D eigenvalue weighted by molar-refractivity contribution is 5.98. The number of aromatic amines is 1. The number of aromatic nitrogens is 2. The van der Waals surface area contributed by atoms with E-state index in [2.05, 4.69) is 36.6 Å². The summed E-state index contributed by atoms with van der Waals surface area (Å²) in [6.45, 7) is 6.82. The van der Waals surface area contributed by atoms with Gasteiger partial charge in [-0.25, -0.2) is 9.78 Å². The molecule has 2 rings (SSSR count). The van der Waals surface area contributed by atoms with Crippen LogP contribution in [0, 0.1) is 11.8 Å². The summed E-state index contributed by atoms with van der Waals surface area (Å²) >= 11 is 0. The van der Waals surface area contributed by atoms with E-state index in [4.69, 9.17) is 17.2 Å². The van der Waals surface area contributed by atoms with E-state index in [1.165, 1.54) is 12.5 Å². The number of benzene rings is 1. The average molecular weight is 757 g/mol. The molecular formula is C35H52N10O9. The van der Waals surface area contributed by atoms with Crippen LogP contribution in [-0.4, -0.2) is 98.6 Å². The first kappa shape index (κ1) is 44.3. The summed E-state index contributed by atoms with van der Waals surface area (Å²) in [6.07, 6.45) is 1.36. The van der Waals surface area contributed by atoms with Crippen molar-refractivity contribution < 1.29 is 43.5 Å². The SMILES string of the molecule is CC(C)CC(NC(=O)C(Cc1cnc[nH]1)NC(=O)C(CCC(N)=O)NC(=O)C(CC(N)=O)NC(=O)C(NC(=O)C(N)Cc1ccccc1)C(C)C)C(=O)O. The van der Waals surface area contributed by atoms with Gasteiger partial charge in [-0.1, -0.05) is 58.0 Å². The van der Waals surface area contributed by atoms with Crippen molar-refractivity contribution in [1.29, 1.82) is 0 Å². The maximum absolute atomic E-state index is 13.7. The highest BCUT2D eigenvalue weighted by Gasteiger charge is 2.34. The average Bonchev–Trinajstić information content (AvgIpc) is 3.60. The van der Waals surface area contributed by atoms with E-state index in [-0.39, 0.29) is 31.6 Å². The van der Waals surface area contributed by atoms with Crippen LogP contribution in [0.15, 0.2) is 42.9 Å². The largest absolute Gasteiger partial charge is 0.480 e. The quantitative estimate of drug-likeness (QED) is 0.0584. The number of carboxylic acids is 1. The number of aliphatic carboxylic acids is 1. The van der Waals surface area contributed by atoms with Crippen LogP contribution < -0.4 is 43.8 Å². The highest BCUT2D eigenvalue weighted by Crippen LogP contribution is 2.10. The van der Waals surface area contributed by atoms with Gasteiger partial charge in [-0.3, -0.25) is 33.6 Å². The number of imidazole rings is 1. The molecule has 1 heterocycles. The predicted molar refractivity (Wildman–Crippen MR) is 194 cm³/mol. The number of nitrogens with zero attached hydrogens (tertiary/aromatic N) is 1. The van der Waals surface area contributed by atoms with E-state index in [1.807, 2.05) is 6.07 Å². The summed E-state index contributed by atoms with van der Waals surface area (Å²) in [7, 11) is 0. The third-order valence-corrected chi connectivity index (χ3v) is 8.17. The molecule has 7 amide bonds. The van der Waals surface area contributed by atoms with Gasteiger partial charge in [-0.15, -0.1) is 0 Å². The van der Waals surface area contributed by atoms with Crippen molar-refractivity contribution in [3.8, 4) is 0 Å². The summed E-state index contributed by atoms with van der Waals surface area (Å²) in [5, 5.41) is 22.0. The van der Waals surface area contributed by atoms with Crippen molar-refractivity contribution in [2.45, 2.75) is 102 Å². The van der Waals surface area contributed by atoms with E-state index in [0.717, 1.165) is 5.56 Å². The molecule has 296 valence electrons. The minimum atomic E-state index is -1.65. The number of nitrogens with two attached hydrogens (primary N) is 3. The van der Waals surface area contributed by atoms with Gasteiger partial charge < -0.3 is 53.9 Å². The second-order valence-electron chi connectivity index (χ2n) is 13.7. The van der Waals surface area contributed by atoms with Crippen LogP contribution >= 0.6 is 0 Å². The zero-order valence-electron chi connectivity index (χ0n) is 30.8. The standard InChI is InChI=1S/C35H52N10O9/c1-18(2)12-26(35(53)54)44-32(50)24(14-21-16-39-17-40-21)42-31(49)23(10-11-27(37)46)41-33(51)25(15-28(38)47)43-34(52)29(19(3)4)45-30(48)22(36)13-20-8-6-5-7-9-20/h5-9,16-19,22-26,29H,10-15,36H2,1-4H3,(H2,37,46)(H2,38,47)(H,39,40)(H,41,51)(H,42,49)(H,43,52)(H,44,50)(H,45,48)(H,53,54). The normalized spacial score (nSPS) is 14.4. The van der Waals surface area contributed by atoms with Crippen LogP contribution in [0.2, 0.25) is 0 Å². The molecule has 0 spiro atoms. The van der Waals surface area contributed by atoms with Crippen molar-refractivity contribution in [1.82, 2.24) is 36.6 Å². The fraction of sp³-hybridized carbons (Fsp3) is 0.514. The molecule has 1 aromatic heterocycles. The summed E-state index contributed by atoms with van der Waals surface area (Å²) in [4.78, 5) is 109. The molecule has 19 nitrogen and oxygen atoms in total. The Morgan fingerprint density at radius 3 is 1.83 bits per heavy atom. The van der Waals surface area contributed by atoms with Crippen LogP contribution in [0.3, 0.4) is 0 Å². The van der Waals surface area contributed by atoms with Crippen LogP contribution in [-0.2, 0) is 51.2 Å². The van der Waals surface area contributed by atoms with Crippen molar-refractivity contribution in [2.24, 2.45) is 29.0 Å². The molecule has 2 aromatic rings. The zero-order valence-corrected chi connectivity index (χ0v) is 30.8. The highest BCUT2D eigenvalue weighted by atomic mass is 16.4. The molecule has 0 aliphatic rings. The molecule has 1 aromatic carbocycles. The maximum atomic E-state index is 13.7. The van der Waals surface area contributed by atoms with Gasteiger partial charge >= 0.3 is 5.97 Å². The second-order valence-corrected chi connectivity index (χ2v) is 13.7. The molecule has 0 fully saturated rings. The molecule has 19 heteroatoms. The Bertz CT molecular complexity index is 1600. The van der Waals surface area contributed by atoms with Gasteiger partial charge in [0.15, 0.2) is 0 Å². The molecule has 54 heavy (non-hydrogen) atoms. The topological polar surface area (TPSA) is 324 Å². The third-order valence-electron chi connectivity index (χ3n) is 8.17. The Kier molecular flexibility index (Phi) is 17.7. The molecule has 0 saturated carbocycles. The Labute approximate surface area is 312 Å². The molecule has 0 bridgehead atoms. The number of carboxylic acid groups (broad SMARTS) is 1. The van der Waals surface area contributed by atoms with Gasteiger partial charge in [0, 0.05) is 24.7 Å². The van der Waals surface area contributed by atoms with Gasteiger partial charge in [-0.05, 0) is 36.7 Å². The minimum absolute atomic E-state index is 0.0951. The summed E-state index contributed by atoms with van der Waals surface area (Å²) in [6, 6.07) is 0.903. The lowest BCUT2D eigenvalue weighted by atomic mass is 10.0. The fourth-order valence-electron chi connectivity index (χ4n) is 5.32. The van der Waals surface area contributed by atoms with Crippen molar-refractivity contribution in [2.75, 3.05) is 0 Å². The van der Waals surface area contributed by atoms with Crippen molar-refractivity contribution in [3.63, 3.8) is 0 Å². The molecule has 6 unspecified atom stereocenters. The lowest BCUT2D eigenvalue weighted by Gasteiger charge is -2.28. The molecule has 0 radical (unpaired) electrons. The molecule has 0 aliphatic carbocycles. The lowest BCUT2D eigenvalue weighted by molar-refractivity contribution is -0.142. The number of carbonyl (C=O) groups excluding carboxylic acids is 7. The number of hydrogen-bond donors (Lipinski definition) is 10. The fourth-order valence-corrected chi connectivity index (χ4v) is 5.32. The first-order valence-electron chi connectivity index (χ1n) is 17.5. The number of carbonyl (C=O) groups is 8. The zero-order chi connectivity index (χ0) is 40.5. The number of amides is 7. The third kappa shape index (κ3) is 15.4. The monoisotopic (exact) mass is 756 g/mol. The number of hydrogen-bond acceptors (Lipinski definition) is 10. The lowest BCUT2D eigenvalue weighted by Crippen LogP contribution is -2.60. The first-order chi connectivity index (χ1) is 25.4. The van der Waals surface area contributed by atoms with Gasteiger partial charge in [0.2, 0.25) is 41.4 Å². The van der Waals surface area contributed by atoms with Gasteiger partial charge in [-0.2, -0.15) is 0 Å². The number of primary amides is 2. The Hall–Kier alpha value is -5.85. The van der Waals surface area contributed by atoms with Crippen LogP contribution in [0.1, 0.15) is 64.6 Å². The molecule has 6 atom stereocenters. The van der Waals surface area contributed by atoms with Gasteiger partial charge in [0.05, 0.1) is 18.8 Å². The minimum Gasteiger partial charge on any atom is -0.480 e. The van der Waals surface area contributed by atoms with E-state index in [9.17, 15) is 43.5 Å². The maximum Gasteiger partial charge on any atom is 0.326 e. The molecular weight excluding hydrogens is 704 g/mol. The summed E-state index contributed by atoms with van der Waals surface area (Å²) in [5.74, 6) is -8.08. The van der Waals surface area contributed by atoms with Crippen molar-refractivity contribution >= 4 is 47.3 Å². The van der Waals surface area contributed by atoms with Gasteiger partial charge in [0.1, 0.15) is 30.2 Å². The van der Waals surface area contributed by atoms with Crippen LogP contribution in [0.25, 0.3) is 0 Å². The van der Waals surface area contributed by atoms with E-state index in [0.29, 0.717) is 5.69 Å². The molecule has 0 saturated heterocycles. The van der Waals surface area contributed by atoms with E-state index >= 15 is 0 Å². The number of rotatable bonds is 23. The van der Waals surface area contributed by atoms with Crippen molar-refractivity contribution in [3.05, 3.63) is 54.1 Å². The Morgan fingerprint density at radius 2 is 1.30 bits per heavy atom. The summed E-state index contributed by atoms with van der Waals surface area (Å²) < 4.78 is 0. The number of nitrogens with one attached hydrogen (secondary N) is 6. The second kappa shape index (κ2) is 21.6. The smallest absolute Gasteiger partial charge is 0.326 e. The summed E-state index contributed by atoms with van der Waals surface area (Å²) in [5.41, 5.74) is 18.0. The van der Waals surface area contributed by atoms with E-state index < -0.39 is 102 Å². The van der Waals surface area contributed by atoms with Crippen LogP contribution in [0.5, 0.6) is 0 Å². The van der Waals surface area contributed by atoms with Crippen LogP contribution in [0.4, 0.5) is 0 Å². The predicted octanol–water partition coefficient (Wildman–Crippen LogP) is -2.13. The molecule has 0 aliphatic heterocycles. The van der Waals surface area contributed by atoms with E-state index in [1.54, 1.807) is 52.0 Å². The first-order valence-corrected chi connectivity index (χ1v) is 17.5. The Balaban J connectivity index is 2.29. The Morgan fingerprint density at radius 1 is 0.722 bits per heavy atom. The molecule has 13 N–H and O–H groups in total.